The highest BCUT2D eigenvalue weighted by atomic mass is 16.4. The molecular weight excluding hydrogens is 268 g/mol. The summed E-state index contributed by atoms with van der Waals surface area (Å²) >= 11 is 0. The van der Waals surface area contributed by atoms with Crippen molar-refractivity contribution in [3.05, 3.63) is 0 Å². The highest BCUT2D eigenvalue weighted by molar-refractivity contribution is 5.79. The highest BCUT2D eigenvalue weighted by Gasteiger charge is 2.39. The van der Waals surface area contributed by atoms with E-state index >= 15 is 0 Å². The van der Waals surface area contributed by atoms with Gasteiger partial charge in [0.05, 0.1) is 5.41 Å². The van der Waals surface area contributed by atoms with E-state index in [1.165, 1.54) is 0 Å². The molecule has 2 aliphatic carbocycles. The van der Waals surface area contributed by atoms with Crippen molar-refractivity contribution in [2.24, 2.45) is 11.1 Å². The standard InChI is InChI=1S/C16H28N2O3/c17-16(9-5-6-10-16)11-13(19)18-12-15(14(20)21)7-3-1-2-4-8-15/h1-12,17H2,(H,18,19)(H,20,21). The van der Waals surface area contributed by atoms with Crippen molar-refractivity contribution in [2.75, 3.05) is 6.54 Å². The van der Waals surface area contributed by atoms with Crippen LogP contribution in [0.5, 0.6) is 0 Å². The highest BCUT2D eigenvalue weighted by Crippen LogP contribution is 2.35. The summed E-state index contributed by atoms with van der Waals surface area (Å²) in [5.74, 6) is -0.864. The molecule has 120 valence electrons. The Labute approximate surface area is 126 Å². The number of rotatable bonds is 5. The molecule has 4 N–H and O–H groups in total. The predicted octanol–water partition coefficient (Wildman–Crippen LogP) is 2.19. The van der Waals surface area contributed by atoms with Gasteiger partial charge in [0.2, 0.25) is 5.91 Å². The summed E-state index contributed by atoms with van der Waals surface area (Å²) in [6.45, 7) is 0.247. The van der Waals surface area contributed by atoms with Gasteiger partial charge >= 0.3 is 5.97 Å². The van der Waals surface area contributed by atoms with Gasteiger partial charge in [-0.3, -0.25) is 9.59 Å². The van der Waals surface area contributed by atoms with Crippen molar-refractivity contribution >= 4 is 11.9 Å². The number of amides is 1. The quantitative estimate of drug-likeness (QED) is 0.678. The van der Waals surface area contributed by atoms with Crippen molar-refractivity contribution in [3.63, 3.8) is 0 Å². The average Bonchev–Trinajstić information content (AvgIpc) is 2.72. The number of carbonyl (C=O) groups is 2. The number of nitrogens with two attached hydrogens (primary N) is 1. The monoisotopic (exact) mass is 296 g/mol. The van der Waals surface area contributed by atoms with E-state index in [2.05, 4.69) is 5.32 Å². The van der Waals surface area contributed by atoms with Crippen LogP contribution in [-0.2, 0) is 9.59 Å². The summed E-state index contributed by atoms with van der Waals surface area (Å²) < 4.78 is 0. The first kappa shape index (κ1) is 16.3. The van der Waals surface area contributed by atoms with Crippen molar-refractivity contribution in [1.82, 2.24) is 5.32 Å². The largest absolute Gasteiger partial charge is 0.481 e. The zero-order valence-corrected chi connectivity index (χ0v) is 12.8. The van der Waals surface area contributed by atoms with E-state index < -0.39 is 11.4 Å². The number of hydrogen-bond acceptors (Lipinski definition) is 3. The van der Waals surface area contributed by atoms with Crippen molar-refractivity contribution in [3.8, 4) is 0 Å². The second kappa shape index (κ2) is 6.77. The van der Waals surface area contributed by atoms with Crippen LogP contribution < -0.4 is 11.1 Å². The Morgan fingerprint density at radius 1 is 0.952 bits per heavy atom. The maximum absolute atomic E-state index is 12.1. The van der Waals surface area contributed by atoms with Crippen molar-refractivity contribution in [2.45, 2.75) is 76.2 Å². The fourth-order valence-electron chi connectivity index (χ4n) is 3.78. The van der Waals surface area contributed by atoms with Gasteiger partial charge in [-0.05, 0) is 25.7 Å². The van der Waals surface area contributed by atoms with Gasteiger partial charge in [0.25, 0.3) is 0 Å². The van der Waals surface area contributed by atoms with Crippen LogP contribution in [0.15, 0.2) is 0 Å². The normalized spacial score (nSPS) is 24.2. The molecule has 0 bridgehead atoms. The molecule has 5 heteroatoms. The molecule has 0 aromatic heterocycles. The van der Waals surface area contributed by atoms with Gasteiger partial charge in [0.15, 0.2) is 0 Å². The summed E-state index contributed by atoms with van der Waals surface area (Å²) in [6, 6.07) is 0. The molecule has 0 saturated heterocycles. The molecular formula is C16H28N2O3. The maximum atomic E-state index is 12.1. The van der Waals surface area contributed by atoms with E-state index in [9.17, 15) is 14.7 Å². The topological polar surface area (TPSA) is 92.4 Å². The molecule has 21 heavy (non-hydrogen) atoms. The Morgan fingerprint density at radius 2 is 1.48 bits per heavy atom. The molecule has 1 amide bonds. The molecule has 5 nitrogen and oxygen atoms in total. The molecule has 2 aliphatic rings. The number of carboxylic acid groups (broad SMARTS) is 1. The fraction of sp³-hybridized carbons (Fsp3) is 0.875. The first-order valence-electron chi connectivity index (χ1n) is 8.25. The molecule has 2 saturated carbocycles. The van der Waals surface area contributed by atoms with Crippen LogP contribution in [-0.4, -0.2) is 29.1 Å². The second-order valence-electron chi connectivity index (χ2n) is 7.02. The van der Waals surface area contributed by atoms with E-state index in [1.54, 1.807) is 0 Å². The fourth-order valence-corrected chi connectivity index (χ4v) is 3.78. The lowest BCUT2D eigenvalue weighted by Crippen LogP contribution is -2.46. The van der Waals surface area contributed by atoms with Crippen molar-refractivity contribution < 1.29 is 14.7 Å². The molecule has 2 rings (SSSR count). The van der Waals surface area contributed by atoms with E-state index in [0.29, 0.717) is 19.3 Å². The Hall–Kier alpha value is -1.10. The third kappa shape index (κ3) is 4.19. The van der Waals surface area contributed by atoms with Crippen molar-refractivity contribution in [1.29, 1.82) is 0 Å². The van der Waals surface area contributed by atoms with Crippen LogP contribution >= 0.6 is 0 Å². The van der Waals surface area contributed by atoms with Crippen LogP contribution in [0.1, 0.15) is 70.6 Å². The summed E-state index contributed by atoms with van der Waals surface area (Å²) in [7, 11) is 0. The van der Waals surface area contributed by atoms with E-state index in [1.807, 2.05) is 0 Å². The Balaban J connectivity index is 1.89. The zero-order valence-electron chi connectivity index (χ0n) is 12.8. The van der Waals surface area contributed by atoms with Gasteiger partial charge in [-0.1, -0.05) is 38.5 Å². The number of hydrogen-bond donors (Lipinski definition) is 3. The molecule has 0 spiro atoms. The number of aliphatic carboxylic acids is 1. The van der Waals surface area contributed by atoms with Crippen LogP contribution in [0, 0.1) is 5.41 Å². The van der Waals surface area contributed by atoms with Gasteiger partial charge in [-0.15, -0.1) is 0 Å². The minimum Gasteiger partial charge on any atom is -0.481 e. The van der Waals surface area contributed by atoms with E-state index in [0.717, 1.165) is 51.4 Å². The first-order chi connectivity index (χ1) is 9.96. The Morgan fingerprint density at radius 3 is 2.00 bits per heavy atom. The van der Waals surface area contributed by atoms with Gasteiger partial charge in [-0.2, -0.15) is 0 Å². The average molecular weight is 296 g/mol. The van der Waals surface area contributed by atoms with E-state index in [-0.39, 0.29) is 18.0 Å². The Bertz CT molecular complexity index is 381. The maximum Gasteiger partial charge on any atom is 0.311 e. The number of nitrogens with one attached hydrogen (secondary N) is 1. The third-order valence-corrected chi connectivity index (χ3v) is 5.25. The molecule has 0 aliphatic heterocycles. The van der Waals surface area contributed by atoms with Crippen LogP contribution in [0.4, 0.5) is 0 Å². The smallest absolute Gasteiger partial charge is 0.311 e. The summed E-state index contributed by atoms with van der Waals surface area (Å²) in [5, 5.41) is 12.4. The lowest BCUT2D eigenvalue weighted by molar-refractivity contribution is -0.149. The molecule has 0 unspecified atom stereocenters. The third-order valence-electron chi connectivity index (χ3n) is 5.25. The summed E-state index contributed by atoms with van der Waals surface area (Å²) in [5.41, 5.74) is 5.06. The lowest BCUT2D eigenvalue weighted by atomic mass is 9.80. The van der Waals surface area contributed by atoms with Gasteiger partial charge in [-0.25, -0.2) is 0 Å². The van der Waals surface area contributed by atoms with E-state index in [4.69, 9.17) is 5.73 Å². The number of carbonyl (C=O) groups excluding carboxylic acids is 1. The molecule has 0 heterocycles. The SMILES string of the molecule is NC1(CC(=O)NCC2(C(=O)O)CCCCCC2)CCCC1. The lowest BCUT2D eigenvalue weighted by Gasteiger charge is -2.29. The first-order valence-corrected chi connectivity index (χ1v) is 8.25. The van der Waals surface area contributed by atoms with Gasteiger partial charge in [0, 0.05) is 18.5 Å². The molecule has 0 aromatic rings. The molecule has 0 aromatic carbocycles. The summed E-state index contributed by atoms with van der Waals surface area (Å²) in [4.78, 5) is 23.8. The molecule has 0 atom stereocenters. The van der Waals surface area contributed by atoms with Crippen LogP contribution in [0.2, 0.25) is 0 Å². The van der Waals surface area contributed by atoms with Gasteiger partial charge in [0.1, 0.15) is 0 Å². The molecule has 0 radical (unpaired) electrons. The van der Waals surface area contributed by atoms with Gasteiger partial charge < -0.3 is 16.2 Å². The van der Waals surface area contributed by atoms with Crippen LogP contribution in [0.25, 0.3) is 0 Å². The summed E-state index contributed by atoms with van der Waals surface area (Å²) in [6.07, 6.45) is 9.66. The predicted molar refractivity (Wildman–Crippen MR) is 80.8 cm³/mol. The minimum atomic E-state index is -0.774. The second-order valence-corrected chi connectivity index (χ2v) is 7.02. The molecule has 2 fully saturated rings. The number of carboxylic acids is 1. The van der Waals surface area contributed by atoms with Crippen LogP contribution in [0.3, 0.4) is 0 Å². The zero-order chi connectivity index (χ0) is 15.3. The Kier molecular flexibility index (Phi) is 5.25. The minimum absolute atomic E-state index is 0.0933.